The highest BCUT2D eigenvalue weighted by Crippen LogP contribution is 2.24. The van der Waals surface area contributed by atoms with E-state index in [0.717, 1.165) is 43.7 Å². The Morgan fingerprint density at radius 1 is 1.35 bits per heavy atom. The van der Waals surface area contributed by atoms with Crippen LogP contribution in [0.2, 0.25) is 0 Å². The fraction of sp³-hybridized carbons (Fsp3) is 0.526. The minimum atomic E-state index is -3.53. The van der Waals surface area contributed by atoms with Gasteiger partial charge in [0.15, 0.2) is 0 Å². The fourth-order valence-electron chi connectivity index (χ4n) is 3.65. The van der Waals surface area contributed by atoms with Crippen molar-refractivity contribution in [2.45, 2.75) is 31.6 Å². The number of benzene rings is 1. The van der Waals surface area contributed by atoms with Crippen LogP contribution in [0, 0.1) is 12.8 Å². The second-order valence-electron chi connectivity index (χ2n) is 7.09. The maximum absolute atomic E-state index is 13.2. The average Bonchev–Trinajstić information content (AvgIpc) is 3.16. The summed E-state index contributed by atoms with van der Waals surface area (Å²) in [7, 11) is -1.84. The minimum absolute atomic E-state index is 0.358. The summed E-state index contributed by atoms with van der Waals surface area (Å²) >= 11 is 0. The van der Waals surface area contributed by atoms with Crippen molar-refractivity contribution in [2.24, 2.45) is 5.92 Å². The van der Waals surface area contributed by atoms with E-state index in [1.807, 2.05) is 31.3 Å². The molecule has 3 rings (SSSR count). The first-order valence-electron chi connectivity index (χ1n) is 9.21. The van der Waals surface area contributed by atoms with Gasteiger partial charge in [-0.25, -0.2) is 17.4 Å². The monoisotopic (exact) mass is 376 g/mol. The number of sulfonamides is 1. The predicted molar refractivity (Wildman–Crippen MR) is 103 cm³/mol. The molecule has 1 atom stereocenters. The average molecular weight is 377 g/mol. The molecule has 1 unspecified atom stereocenters. The number of piperidine rings is 1. The zero-order chi connectivity index (χ0) is 18.7. The SMILES string of the molecule is CCN1CCCC(CN(C)S(=O)(=O)c2cc(-n3cccn3)ccc2C)C1. The largest absolute Gasteiger partial charge is 0.303 e. The summed E-state index contributed by atoms with van der Waals surface area (Å²) in [6.45, 7) is 7.68. The van der Waals surface area contributed by atoms with Crippen LogP contribution >= 0.6 is 0 Å². The van der Waals surface area contributed by atoms with E-state index in [1.54, 1.807) is 24.0 Å². The van der Waals surface area contributed by atoms with Crippen LogP contribution in [0.25, 0.3) is 5.69 Å². The van der Waals surface area contributed by atoms with Gasteiger partial charge in [-0.2, -0.15) is 5.10 Å². The number of aryl methyl sites for hydroxylation is 1. The first kappa shape index (κ1) is 19.1. The third kappa shape index (κ3) is 4.00. The van der Waals surface area contributed by atoms with Crippen molar-refractivity contribution in [3.05, 3.63) is 42.2 Å². The van der Waals surface area contributed by atoms with Crippen LogP contribution in [-0.2, 0) is 10.0 Å². The zero-order valence-corrected chi connectivity index (χ0v) is 16.6. The van der Waals surface area contributed by atoms with Crippen LogP contribution < -0.4 is 0 Å². The predicted octanol–water partition coefficient (Wildman–Crippen LogP) is 2.53. The topological polar surface area (TPSA) is 58.4 Å². The molecular weight excluding hydrogens is 348 g/mol. The number of hydrogen-bond acceptors (Lipinski definition) is 4. The van der Waals surface area contributed by atoms with Crippen molar-refractivity contribution >= 4 is 10.0 Å². The van der Waals surface area contributed by atoms with E-state index >= 15 is 0 Å². The van der Waals surface area contributed by atoms with Crippen molar-refractivity contribution in [2.75, 3.05) is 33.2 Å². The van der Waals surface area contributed by atoms with Crippen LogP contribution in [0.3, 0.4) is 0 Å². The molecule has 0 saturated carbocycles. The molecule has 2 heterocycles. The van der Waals surface area contributed by atoms with Gasteiger partial charge in [0.1, 0.15) is 0 Å². The van der Waals surface area contributed by atoms with Gasteiger partial charge in [0.05, 0.1) is 10.6 Å². The summed E-state index contributed by atoms with van der Waals surface area (Å²) in [5.41, 5.74) is 1.51. The Bertz CT molecular complexity index is 833. The van der Waals surface area contributed by atoms with Gasteiger partial charge in [0, 0.05) is 32.5 Å². The summed E-state index contributed by atoms with van der Waals surface area (Å²) in [4.78, 5) is 2.76. The lowest BCUT2D eigenvalue weighted by molar-refractivity contribution is 0.168. The number of rotatable bonds is 6. The highest BCUT2D eigenvalue weighted by Gasteiger charge is 2.28. The van der Waals surface area contributed by atoms with E-state index in [9.17, 15) is 8.42 Å². The Morgan fingerprint density at radius 2 is 2.15 bits per heavy atom. The second kappa shape index (κ2) is 7.90. The molecular formula is C19H28N4O2S. The van der Waals surface area contributed by atoms with Crippen LogP contribution in [-0.4, -0.2) is 60.6 Å². The van der Waals surface area contributed by atoms with Crippen molar-refractivity contribution in [3.8, 4) is 5.69 Å². The second-order valence-corrected chi connectivity index (χ2v) is 9.10. The molecule has 2 aromatic rings. The van der Waals surface area contributed by atoms with E-state index in [-0.39, 0.29) is 0 Å². The molecule has 0 spiro atoms. The van der Waals surface area contributed by atoms with Crippen molar-refractivity contribution < 1.29 is 8.42 Å². The lowest BCUT2D eigenvalue weighted by Crippen LogP contribution is -2.41. The normalized spacial score (nSPS) is 19.2. The van der Waals surface area contributed by atoms with E-state index in [1.165, 1.54) is 4.31 Å². The quantitative estimate of drug-likeness (QED) is 0.777. The summed E-state index contributed by atoms with van der Waals surface area (Å²) in [6, 6.07) is 7.27. The number of aromatic nitrogens is 2. The molecule has 0 bridgehead atoms. The molecule has 0 radical (unpaired) electrons. The molecule has 1 saturated heterocycles. The maximum Gasteiger partial charge on any atom is 0.243 e. The Labute approximate surface area is 156 Å². The van der Waals surface area contributed by atoms with Crippen molar-refractivity contribution in [1.29, 1.82) is 0 Å². The van der Waals surface area contributed by atoms with Crippen LogP contribution in [0.5, 0.6) is 0 Å². The number of hydrogen-bond donors (Lipinski definition) is 0. The van der Waals surface area contributed by atoms with E-state index < -0.39 is 10.0 Å². The van der Waals surface area contributed by atoms with Gasteiger partial charge in [-0.15, -0.1) is 0 Å². The van der Waals surface area contributed by atoms with Crippen molar-refractivity contribution in [3.63, 3.8) is 0 Å². The third-order valence-corrected chi connectivity index (χ3v) is 7.16. The van der Waals surface area contributed by atoms with Gasteiger partial charge in [0.2, 0.25) is 10.0 Å². The molecule has 7 heteroatoms. The molecule has 6 nitrogen and oxygen atoms in total. The number of likely N-dealkylation sites (tertiary alicyclic amines) is 1. The van der Waals surface area contributed by atoms with Gasteiger partial charge >= 0.3 is 0 Å². The van der Waals surface area contributed by atoms with Crippen molar-refractivity contribution in [1.82, 2.24) is 19.0 Å². The molecule has 1 fully saturated rings. The molecule has 1 aliphatic rings. The van der Waals surface area contributed by atoms with E-state index in [0.29, 0.717) is 17.4 Å². The van der Waals surface area contributed by atoms with Crippen LogP contribution in [0.15, 0.2) is 41.6 Å². The van der Waals surface area contributed by atoms with Gasteiger partial charge in [-0.05, 0) is 62.5 Å². The molecule has 1 aromatic heterocycles. The first-order chi connectivity index (χ1) is 12.4. The van der Waals surface area contributed by atoms with Gasteiger partial charge in [-0.3, -0.25) is 0 Å². The summed E-state index contributed by atoms with van der Waals surface area (Å²) in [5.74, 6) is 0.387. The first-order valence-corrected chi connectivity index (χ1v) is 10.6. The highest BCUT2D eigenvalue weighted by atomic mass is 32.2. The van der Waals surface area contributed by atoms with Gasteiger partial charge in [0.25, 0.3) is 0 Å². The standard InChI is InChI=1S/C19H28N4O2S/c1-4-22-11-5-7-17(15-22)14-21(3)26(24,25)19-13-18(9-8-16(19)2)23-12-6-10-20-23/h6,8-10,12-13,17H,4-5,7,11,14-15H2,1-3H3. The zero-order valence-electron chi connectivity index (χ0n) is 15.8. The molecule has 1 aromatic carbocycles. The summed E-state index contributed by atoms with van der Waals surface area (Å²) in [6.07, 6.45) is 5.72. The van der Waals surface area contributed by atoms with E-state index in [4.69, 9.17) is 0 Å². The van der Waals surface area contributed by atoms with E-state index in [2.05, 4.69) is 16.9 Å². The molecule has 0 amide bonds. The van der Waals surface area contributed by atoms with Crippen LogP contribution in [0.1, 0.15) is 25.3 Å². The molecule has 0 aliphatic carbocycles. The van der Waals surface area contributed by atoms with Gasteiger partial charge in [-0.1, -0.05) is 13.0 Å². The molecule has 26 heavy (non-hydrogen) atoms. The molecule has 0 N–H and O–H groups in total. The highest BCUT2D eigenvalue weighted by molar-refractivity contribution is 7.89. The molecule has 1 aliphatic heterocycles. The summed E-state index contributed by atoms with van der Waals surface area (Å²) < 4.78 is 29.6. The van der Waals surface area contributed by atoms with Gasteiger partial charge < -0.3 is 4.90 Å². The third-order valence-electron chi connectivity index (χ3n) is 5.19. The molecule has 142 valence electrons. The summed E-state index contributed by atoms with van der Waals surface area (Å²) in [5, 5.41) is 4.20. The van der Waals surface area contributed by atoms with Crippen LogP contribution in [0.4, 0.5) is 0 Å². The minimum Gasteiger partial charge on any atom is -0.303 e. The smallest absolute Gasteiger partial charge is 0.243 e. The lowest BCUT2D eigenvalue weighted by atomic mass is 9.98. The number of nitrogens with zero attached hydrogens (tertiary/aromatic N) is 4. The Kier molecular flexibility index (Phi) is 5.79. The maximum atomic E-state index is 13.2. The Hall–Kier alpha value is -1.70. The Balaban J connectivity index is 1.82. The fourth-order valence-corrected chi connectivity index (χ4v) is 5.14. The lowest BCUT2D eigenvalue weighted by Gasteiger charge is -2.33. The Morgan fingerprint density at radius 3 is 2.85 bits per heavy atom.